The van der Waals surface area contributed by atoms with E-state index in [0.29, 0.717) is 0 Å². The molecule has 0 aliphatic carbocycles. The number of rotatable bonds is 4. The second kappa shape index (κ2) is 6.32. The molecule has 1 heterocycles. The lowest BCUT2D eigenvalue weighted by molar-refractivity contribution is -0.122. The Morgan fingerprint density at radius 2 is 1.95 bits per heavy atom. The molecular formula is C15H18FN3OS. The SMILES string of the molecule is Cc1nc(-c2ccc(F)cc2)sc1C(C)NC(=O)[C@H](C)N. The monoisotopic (exact) mass is 307 g/mol. The first-order chi connectivity index (χ1) is 9.88. The van der Waals surface area contributed by atoms with Crippen LogP contribution in [0.1, 0.15) is 30.5 Å². The molecule has 6 heteroatoms. The highest BCUT2D eigenvalue weighted by atomic mass is 32.1. The summed E-state index contributed by atoms with van der Waals surface area (Å²) in [5.41, 5.74) is 7.27. The van der Waals surface area contributed by atoms with Crippen molar-refractivity contribution in [3.8, 4) is 10.6 Å². The smallest absolute Gasteiger partial charge is 0.237 e. The van der Waals surface area contributed by atoms with Crippen LogP contribution in [0.15, 0.2) is 24.3 Å². The Hall–Kier alpha value is -1.79. The van der Waals surface area contributed by atoms with E-state index in [4.69, 9.17) is 5.73 Å². The normalized spacial score (nSPS) is 13.8. The van der Waals surface area contributed by atoms with E-state index in [1.54, 1.807) is 19.1 Å². The fourth-order valence-corrected chi connectivity index (χ4v) is 3.01. The molecule has 21 heavy (non-hydrogen) atoms. The number of aryl methyl sites for hydroxylation is 1. The molecule has 0 fully saturated rings. The van der Waals surface area contributed by atoms with Crippen molar-refractivity contribution in [1.29, 1.82) is 0 Å². The van der Waals surface area contributed by atoms with Gasteiger partial charge in [-0.05, 0) is 45.0 Å². The Labute approximate surface area is 127 Å². The van der Waals surface area contributed by atoms with Crippen molar-refractivity contribution in [2.24, 2.45) is 5.73 Å². The molecule has 1 aromatic heterocycles. The van der Waals surface area contributed by atoms with Crippen LogP contribution in [0.4, 0.5) is 4.39 Å². The molecular weight excluding hydrogens is 289 g/mol. The highest BCUT2D eigenvalue weighted by Crippen LogP contribution is 2.31. The second-order valence-electron chi connectivity index (χ2n) is 4.99. The minimum Gasteiger partial charge on any atom is -0.347 e. The largest absolute Gasteiger partial charge is 0.347 e. The van der Waals surface area contributed by atoms with Crippen molar-refractivity contribution in [3.63, 3.8) is 0 Å². The lowest BCUT2D eigenvalue weighted by Gasteiger charge is -2.14. The van der Waals surface area contributed by atoms with Gasteiger partial charge in [0.1, 0.15) is 10.8 Å². The highest BCUT2D eigenvalue weighted by Gasteiger charge is 2.18. The van der Waals surface area contributed by atoms with Crippen molar-refractivity contribution in [2.75, 3.05) is 0 Å². The maximum atomic E-state index is 13.0. The highest BCUT2D eigenvalue weighted by molar-refractivity contribution is 7.15. The van der Waals surface area contributed by atoms with Gasteiger partial charge in [-0.3, -0.25) is 4.79 Å². The summed E-state index contributed by atoms with van der Waals surface area (Å²) in [5, 5.41) is 3.67. The fourth-order valence-electron chi connectivity index (χ4n) is 1.94. The summed E-state index contributed by atoms with van der Waals surface area (Å²) >= 11 is 1.49. The van der Waals surface area contributed by atoms with E-state index in [-0.39, 0.29) is 17.8 Å². The first-order valence-corrected chi connectivity index (χ1v) is 7.49. The summed E-state index contributed by atoms with van der Waals surface area (Å²) in [5.74, 6) is -0.469. The number of hydrogen-bond acceptors (Lipinski definition) is 4. The Morgan fingerprint density at radius 3 is 2.52 bits per heavy atom. The second-order valence-corrected chi connectivity index (χ2v) is 6.03. The third kappa shape index (κ3) is 3.65. The number of benzene rings is 1. The number of carbonyl (C=O) groups excluding carboxylic acids is 1. The van der Waals surface area contributed by atoms with Crippen LogP contribution in [-0.2, 0) is 4.79 Å². The standard InChI is InChI=1S/C15H18FN3OS/c1-8(17)14(20)18-9(2)13-10(3)19-15(21-13)11-4-6-12(16)7-5-11/h4-9H,17H2,1-3H3,(H,18,20)/t8-,9?/m0/s1. The topological polar surface area (TPSA) is 68.0 Å². The number of nitrogens with one attached hydrogen (secondary N) is 1. The van der Waals surface area contributed by atoms with Crippen LogP contribution < -0.4 is 11.1 Å². The van der Waals surface area contributed by atoms with E-state index >= 15 is 0 Å². The summed E-state index contributed by atoms with van der Waals surface area (Å²) in [6.07, 6.45) is 0. The predicted octanol–water partition coefficient (Wildman–Crippen LogP) is 2.78. The Kier molecular flexibility index (Phi) is 4.69. The summed E-state index contributed by atoms with van der Waals surface area (Å²) in [4.78, 5) is 17.1. The Bertz CT molecular complexity index is 637. The number of nitrogens with zero attached hydrogens (tertiary/aromatic N) is 1. The molecule has 0 radical (unpaired) electrons. The first-order valence-electron chi connectivity index (χ1n) is 6.67. The van der Waals surface area contributed by atoms with Gasteiger partial charge in [0, 0.05) is 5.56 Å². The van der Waals surface area contributed by atoms with Gasteiger partial charge >= 0.3 is 0 Å². The van der Waals surface area contributed by atoms with Gasteiger partial charge in [-0.25, -0.2) is 9.37 Å². The molecule has 4 nitrogen and oxygen atoms in total. The fraction of sp³-hybridized carbons (Fsp3) is 0.333. The molecule has 0 saturated carbocycles. The molecule has 1 aromatic carbocycles. The van der Waals surface area contributed by atoms with Gasteiger partial charge in [0.2, 0.25) is 5.91 Å². The maximum Gasteiger partial charge on any atom is 0.237 e. The van der Waals surface area contributed by atoms with Crippen molar-refractivity contribution in [1.82, 2.24) is 10.3 Å². The van der Waals surface area contributed by atoms with E-state index in [9.17, 15) is 9.18 Å². The number of aromatic nitrogens is 1. The average Bonchev–Trinajstić information content (AvgIpc) is 2.81. The zero-order chi connectivity index (χ0) is 15.6. The maximum absolute atomic E-state index is 13.0. The molecule has 1 unspecified atom stereocenters. The summed E-state index contributed by atoms with van der Waals surface area (Å²) < 4.78 is 13.0. The summed E-state index contributed by atoms with van der Waals surface area (Å²) in [7, 11) is 0. The van der Waals surface area contributed by atoms with Crippen LogP contribution in [0, 0.1) is 12.7 Å². The molecule has 0 aliphatic heterocycles. The molecule has 2 rings (SSSR count). The van der Waals surface area contributed by atoms with Gasteiger partial charge in [-0.15, -0.1) is 11.3 Å². The number of thiazole rings is 1. The Balaban J connectivity index is 2.22. The van der Waals surface area contributed by atoms with Crippen LogP contribution in [0.5, 0.6) is 0 Å². The van der Waals surface area contributed by atoms with Crippen LogP contribution in [0.3, 0.4) is 0 Å². The minimum absolute atomic E-state index is 0.157. The van der Waals surface area contributed by atoms with Gasteiger partial charge in [0.15, 0.2) is 0 Å². The lowest BCUT2D eigenvalue weighted by Crippen LogP contribution is -2.39. The molecule has 0 aliphatic rings. The molecule has 0 bridgehead atoms. The molecule has 112 valence electrons. The third-order valence-corrected chi connectivity index (χ3v) is 4.48. The third-order valence-electron chi connectivity index (χ3n) is 3.09. The number of nitrogens with two attached hydrogens (primary N) is 1. The molecule has 0 saturated heterocycles. The molecule has 2 aromatic rings. The zero-order valence-electron chi connectivity index (χ0n) is 12.2. The minimum atomic E-state index is -0.544. The predicted molar refractivity (Wildman–Crippen MR) is 82.5 cm³/mol. The van der Waals surface area contributed by atoms with Crippen LogP contribution in [0.2, 0.25) is 0 Å². The first kappa shape index (κ1) is 15.6. The van der Waals surface area contributed by atoms with E-state index in [0.717, 1.165) is 21.1 Å². The van der Waals surface area contributed by atoms with Gasteiger partial charge < -0.3 is 11.1 Å². The van der Waals surface area contributed by atoms with Crippen LogP contribution >= 0.6 is 11.3 Å². The molecule has 2 atom stereocenters. The quantitative estimate of drug-likeness (QED) is 0.912. The van der Waals surface area contributed by atoms with E-state index in [1.165, 1.54) is 23.5 Å². The van der Waals surface area contributed by atoms with Crippen LogP contribution in [-0.4, -0.2) is 16.9 Å². The summed E-state index contributed by atoms with van der Waals surface area (Å²) in [6, 6.07) is 5.51. The van der Waals surface area contributed by atoms with Gasteiger partial charge in [0.25, 0.3) is 0 Å². The van der Waals surface area contributed by atoms with E-state index < -0.39 is 6.04 Å². The van der Waals surface area contributed by atoms with Gasteiger partial charge in [0.05, 0.1) is 22.7 Å². The van der Waals surface area contributed by atoms with Crippen molar-refractivity contribution < 1.29 is 9.18 Å². The van der Waals surface area contributed by atoms with E-state index in [2.05, 4.69) is 10.3 Å². The number of halogens is 1. The van der Waals surface area contributed by atoms with Gasteiger partial charge in [-0.1, -0.05) is 0 Å². The average molecular weight is 307 g/mol. The molecule has 3 N–H and O–H groups in total. The number of carbonyl (C=O) groups is 1. The molecule has 0 spiro atoms. The van der Waals surface area contributed by atoms with Crippen LogP contribution in [0.25, 0.3) is 10.6 Å². The zero-order valence-corrected chi connectivity index (χ0v) is 13.0. The van der Waals surface area contributed by atoms with Crippen molar-refractivity contribution in [3.05, 3.63) is 40.7 Å². The number of amides is 1. The van der Waals surface area contributed by atoms with Crippen molar-refractivity contribution in [2.45, 2.75) is 32.9 Å². The summed E-state index contributed by atoms with van der Waals surface area (Å²) in [6.45, 7) is 5.44. The molecule has 1 amide bonds. The Morgan fingerprint density at radius 1 is 1.33 bits per heavy atom. The lowest BCUT2D eigenvalue weighted by atomic mass is 10.2. The van der Waals surface area contributed by atoms with Crippen molar-refractivity contribution >= 4 is 17.2 Å². The number of hydrogen-bond donors (Lipinski definition) is 2. The van der Waals surface area contributed by atoms with Gasteiger partial charge in [-0.2, -0.15) is 0 Å². The van der Waals surface area contributed by atoms with E-state index in [1.807, 2.05) is 13.8 Å².